The third-order valence-corrected chi connectivity index (χ3v) is 6.04. The lowest BCUT2D eigenvalue weighted by molar-refractivity contribution is -0.118. The van der Waals surface area contributed by atoms with Gasteiger partial charge in [-0.25, -0.2) is 5.84 Å². The monoisotopic (exact) mass is 483 g/mol. The molecular formula is C24H37N9O2. The highest BCUT2D eigenvalue weighted by molar-refractivity contribution is 5.92. The molecule has 2 amide bonds. The fourth-order valence-corrected chi connectivity index (χ4v) is 4.04. The molecule has 11 heteroatoms. The van der Waals surface area contributed by atoms with E-state index in [1.807, 2.05) is 19.1 Å². The first-order valence-electron chi connectivity index (χ1n) is 12.3. The first kappa shape index (κ1) is 26.1. The number of unbranched alkanes of at least 4 members (excludes halogenated alkanes) is 1. The molecule has 0 aromatic carbocycles. The molecule has 1 saturated carbocycles. The summed E-state index contributed by atoms with van der Waals surface area (Å²) in [6.45, 7) is 3.73. The van der Waals surface area contributed by atoms with Gasteiger partial charge in [0.15, 0.2) is 5.82 Å². The molecule has 35 heavy (non-hydrogen) atoms. The fraction of sp³-hybridized carbons (Fsp3) is 0.542. The average molecular weight is 484 g/mol. The number of hydrogen-bond donors (Lipinski definition) is 4. The van der Waals surface area contributed by atoms with Crippen molar-refractivity contribution < 1.29 is 9.59 Å². The Balaban J connectivity index is 1.31. The van der Waals surface area contributed by atoms with E-state index in [2.05, 4.69) is 25.9 Å². The molecule has 0 saturated heterocycles. The summed E-state index contributed by atoms with van der Waals surface area (Å²) in [5.74, 6) is 6.48. The molecule has 2 heterocycles. The molecular weight excluding hydrogens is 446 g/mol. The second-order valence-corrected chi connectivity index (χ2v) is 9.14. The first-order valence-corrected chi connectivity index (χ1v) is 12.3. The summed E-state index contributed by atoms with van der Waals surface area (Å²) < 4.78 is 1.67. The molecule has 2 aromatic rings. The van der Waals surface area contributed by atoms with Crippen LogP contribution in [0.5, 0.6) is 0 Å². The highest BCUT2D eigenvalue weighted by atomic mass is 16.2. The van der Waals surface area contributed by atoms with E-state index >= 15 is 0 Å². The second kappa shape index (κ2) is 13.4. The van der Waals surface area contributed by atoms with Gasteiger partial charge in [-0.1, -0.05) is 30.5 Å². The summed E-state index contributed by atoms with van der Waals surface area (Å²) in [6.07, 6.45) is 12.7. The number of nitrogens with one attached hydrogen (secondary N) is 2. The van der Waals surface area contributed by atoms with E-state index in [0.29, 0.717) is 31.4 Å². The van der Waals surface area contributed by atoms with E-state index in [9.17, 15) is 9.59 Å². The molecule has 3 rings (SSSR count). The topological polar surface area (TPSA) is 157 Å². The molecule has 6 N–H and O–H groups in total. The van der Waals surface area contributed by atoms with Crippen molar-refractivity contribution in [2.24, 2.45) is 17.5 Å². The van der Waals surface area contributed by atoms with Crippen molar-refractivity contribution in [2.45, 2.75) is 64.8 Å². The van der Waals surface area contributed by atoms with E-state index < -0.39 is 0 Å². The molecule has 0 aliphatic heterocycles. The standard InChI is InChI=1S/C24H37N9O2/c1-18-9-10-20(15-27-18)13-23(34)29-22-17-33(31-30-22)12-6-5-11-32(26)16-21(25)24(35)28-14-19-7-3-2-4-8-19/h9-10,15-17,19H,2-8,11-14,25-26H2,1H3,(H,28,35)(H,29,34)/b21-16-. The number of aryl methyl sites for hydroxylation is 2. The van der Waals surface area contributed by atoms with Gasteiger partial charge in [0.2, 0.25) is 5.91 Å². The van der Waals surface area contributed by atoms with Crippen LogP contribution in [0, 0.1) is 12.8 Å². The SMILES string of the molecule is Cc1ccc(CC(=O)Nc2cn(CCCCN(N)/C=C(\N)C(=O)NCC3CCCCC3)nn2)cn1. The summed E-state index contributed by atoms with van der Waals surface area (Å²) >= 11 is 0. The van der Waals surface area contributed by atoms with Gasteiger partial charge in [-0.3, -0.25) is 19.3 Å². The second-order valence-electron chi connectivity index (χ2n) is 9.14. The number of carbonyl (C=O) groups is 2. The Hall–Kier alpha value is -3.47. The van der Waals surface area contributed by atoms with Gasteiger partial charge in [-0.15, -0.1) is 5.10 Å². The van der Waals surface area contributed by atoms with Crippen molar-refractivity contribution in [2.75, 3.05) is 18.4 Å². The number of nitrogens with zero attached hydrogens (tertiary/aromatic N) is 5. The zero-order valence-electron chi connectivity index (χ0n) is 20.4. The molecule has 0 atom stereocenters. The average Bonchev–Trinajstić information content (AvgIpc) is 3.29. The third-order valence-electron chi connectivity index (χ3n) is 6.04. The summed E-state index contributed by atoms with van der Waals surface area (Å²) in [5, 5.41) is 15.1. The van der Waals surface area contributed by atoms with Crippen LogP contribution in [0.2, 0.25) is 0 Å². The summed E-state index contributed by atoms with van der Waals surface area (Å²) in [7, 11) is 0. The number of rotatable bonds is 12. The molecule has 0 spiro atoms. The highest BCUT2D eigenvalue weighted by Gasteiger charge is 2.15. The third kappa shape index (κ3) is 9.36. The van der Waals surface area contributed by atoms with Crippen molar-refractivity contribution in [1.29, 1.82) is 0 Å². The van der Waals surface area contributed by atoms with Crippen molar-refractivity contribution in [3.8, 4) is 0 Å². The van der Waals surface area contributed by atoms with Crippen molar-refractivity contribution >= 4 is 17.6 Å². The molecule has 0 unspecified atom stereocenters. The van der Waals surface area contributed by atoms with E-state index in [1.54, 1.807) is 17.1 Å². The predicted octanol–water partition coefficient (Wildman–Crippen LogP) is 1.62. The van der Waals surface area contributed by atoms with Crippen LogP contribution in [-0.2, 0) is 22.6 Å². The van der Waals surface area contributed by atoms with Crippen LogP contribution >= 0.6 is 0 Å². The van der Waals surface area contributed by atoms with Crippen LogP contribution < -0.4 is 22.2 Å². The van der Waals surface area contributed by atoms with E-state index in [-0.39, 0.29) is 23.9 Å². The minimum atomic E-state index is -0.276. The van der Waals surface area contributed by atoms with Gasteiger partial charge in [0.05, 0.1) is 12.6 Å². The van der Waals surface area contributed by atoms with Crippen LogP contribution in [-0.4, -0.2) is 49.9 Å². The number of aromatic nitrogens is 4. The zero-order chi connectivity index (χ0) is 25.0. The molecule has 1 aliphatic rings. The maximum absolute atomic E-state index is 12.2. The maximum Gasteiger partial charge on any atom is 0.268 e. The van der Waals surface area contributed by atoms with Crippen LogP contribution in [0.15, 0.2) is 36.4 Å². The highest BCUT2D eigenvalue weighted by Crippen LogP contribution is 2.22. The molecule has 11 nitrogen and oxygen atoms in total. The number of anilines is 1. The van der Waals surface area contributed by atoms with Gasteiger partial charge >= 0.3 is 0 Å². The number of nitrogens with two attached hydrogens (primary N) is 2. The Morgan fingerprint density at radius 2 is 2.03 bits per heavy atom. The van der Waals surface area contributed by atoms with Crippen LogP contribution in [0.25, 0.3) is 0 Å². The smallest absolute Gasteiger partial charge is 0.268 e. The van der Waals surface area contributed by atoms with Crippen molar-refractivity contribution in [3.63, 3.8) is 0 Å². The van der Waals surface area contributed by atoms with Gasteiger partial charge in [0.25, 0.3) is 5.91 Å². The van der Waals surface area contributed by atoms with Gasteiger partial charge in [-0.05, 0) is 50.2 Å². The summed E-state index contributed by atoms with van der Waals surface area (Å²) in [4.78, 5) is 28.6. The number of hydrazine groups is 1. The maximum atomic E-state index is 12.2. The zero-order valence-corrected chi connectivity index (χ0v) is 20.4. The predicted molar refractivity (Wildman–Crippen MR) is 133 cm³/mol. The lowest BCUT2D eigenvalue weighted by atomic mass is 9.89. The van der Waals surface area contributed by atoms with Gasteiger partial charge in [0.1, 0.15) is 5.70 Å². The number of amides is 2. The number of hydrogen-bond acceptors (Lipinski definition) is 8. The molecule has 190 valence electrons. The largest absolute Gasteiger partial charge is 0.393 e. The molecule has 1 aliphatic carbocycles. The van der Waals surface area contributed by atoms with Gasteiger partial charge < -0.3 is 21.4 Å². The van der Waals surface area contributed by atoms with Crippen LogP contribution in [0.3, 0.4) is 0 Å². The summed E-state index contributed by atoms with van der Waals surface area (Å²) in [5.41, 5.74) is 7.75. The number of pyridine rings is 1. The normalized spacial score (nSPS) is 14.5. The molecule has 1 fully saturated rings. The fourth-order valence-electron chi connectivity index (χ4n) is 4.04. The quantitative estimate of drug-likeness (QED) is 0.153. The van der Waals surface area contributed by atoms with Crippen molar-refractivity contribution in [3.05, 3.63) is 47.7 Å². The molecule has 2 aromatic heterocycles. The Labute approximate surface area is 206 Å². The lowest BCUT2D eigenvalue weighted by Gasteiger charge is -2.22. The van der Waals surface area contributed by atoms with E-state index in [4.69, 9.17) is 11.6 Å². The summed E-state index contributed by atoms with van der Waals surface area (Å²) in [6, 6.07) is 3.75. The van der Waals surface area contributed by atoms with Crippen molar-refractivity contribution in [1.82, 2.24) is 30.3 Å². The Morgan fingerprint density at radius 1 is 1.23 bits per heavy atom. The van der Waals surface area contributed by atoms with Gasteiger partial charge in [-0.2, -0.15) is 0 Å². The Kier molecular flexibility index (Phi) is 10.0. The van der Waals surface area contributed by atoms with Gasteiger partial charge in [0, 0.05) is 37.7 Å². The van der Waals surface area contributed by atoms with Crippen LogP contribution in [0.1, 0.15) is 56.2 Å². The first-order chi connectivity index (χ1) is 16.9. The number of carbonyl (C=O) groups excluding carboxylic acids is 2. The van der Waals surface area contributed by atoms with E-state index in [0.717, 1.165) is 36.9 Å². The van der Waals surface area contributed by atoms with E-state index in [1.165, 1.54) is 30.5 Å². The Morgan fingerprint density at radius 3 is 2.77 bits per heavy atom. The molecule has 0 bridgehead atoms. The molecule has 0 radical (unpaired) electrons. The lowest BCUT2D eigenvalue weighted by Crippen LogP contribution is -2.36. The van der Waals surface area contributed by atoms with Crippen LogP contribution in [0.4, 0.5) is 5.82 Å². The minimum absolute atomic E-state index is 0.112. The minimum Gasteiger partial charge on any atom is -0.393 e. The Bertz CT molecular complexity index is 981.